The maximum atomic E-state index is 13.9. The van der Waals surface area contributed by atoms with Gasteiger partial charge < -0.3 is 30.0 Å². The van der Waals surface area contributed by atoms with Crippen molar-refractivity contribution in [2.75, 3.05) is 40.5 Å². The van der Waals surface area contributed by atoms with Crippen molar-refractivity contribution in [1.29, 1.82) is 0 Å². The first-order chi connectivity index (χ1) is 16.1. The molecule has 2 amide bonds. The van der Waals surface area contributed by atoms with E-state index < -0.39 is 0 Å². The fourth-order valence-electron chi connectivity index (χ4n) is 5.03. The summed E-state index contributed by atoms with van der Waals surface area (Å²) in [4.78, 5) is 31.5. The van der Waals surface area contributed by atoms with Gasteiger partial charge in [0, 0.05) is 63.1 Å². The molecular weight excluding hydrogens is 420 g/mol. The van der Waals surface area contributed by atoms with Crippen LogP contribution in [0.25, 0.3) is 10.9 Å². The number of benzene rings is 1. The van der Waals surface area contributed by atoms with E-state index in [1.54, 1.807) is 7.11 Å². The molecule has 33 heavy (non-hydrogen) atoms. The van der Waals surface area contributed by atoms with Gasteiger partial charge >= 0.3 is 0 Å². The van der Waals surface area contributed by atoms with Gasteiger partial charge in [-0.2, -0.15) is 0 Å². The van der Waals surface area contributed by atoms with Crippen LogP contribution in [0.1, 0.15) is 43.7 Å². The molecule has 3 atom stereocenters. The minimum atomic E-state index is -0.165. The fourth-order valence-corrected chi connectivity index (χ4v) is 5.03. The molecule has 1 aromatic carbocycles. The Morgan fingerprint density at radius 2 is 2.00 bits per heavy atom. The third kappa shape index (κ3) is 5.75. The second-order valence-electron chi connectivity index (χ2n) is 9.21. The van der Waals surface area contributed by atoms with Crippen molar-refractivity contribution in [2.45, 2.75) is 50.2 Å². The van der Waals surface area contributed by atoms with Gasteiger partial charge in [-0.25, -0.2) is 0 Å². The number of hydrogen-bond donors (Lipinski definition) is 3. The molecule has 1 saturated carbocycles. The zero-order chi connectivity index (χ0) is 23.2. The standard InChI is InChI=1S/C25H36N4O4/c1-32-11-5-8-23(21-15-27-22-7-4-3-6-20(21)22)29(19-9-10-19)25(31)17-12-18(14-26-13-17)28-24(30)16-33-2/h3-4,6-7,15,17-19,23,26-27H,5,8-14,16H2,1-2H3,(H,28,30)/t17-,18-,23?/m0/s1. The smallest absolute Gasteiger partial charge is 0.246 e. The molecule has 1 aliphatic heterocycles. The molecule has 3 N–H and O–H groups in total. The van der Waals surface area contributed by atoms with E-state index in [4.69, 9.17) is 9.47 Å². The summed E-state index contributed by atoms with van der Waals surface area (Å²) in [6, 6.07) is 8.49. The van der Waals surface area contributed by atoms with Gasteiger partial charge in [-0.3, -0.25) is 9.59 Å². The van der Waals surface area contributed by atoms with Crippen LogP contribution >= 0.6 is 0 Å². The predicted molar refractivity (Wildman–Crippen MR) is 127 cm³/mol. The highest BCUT2D eigenvalue weighted by Crippen LogP contribution is 2.40. The summed E-state index contributed by atoms with van der Waals surface area (Å²) in [5.41, 5.74) is 2.27. The Bertz CT molecular complexity index is 941. The number of piperidine rings is 1. The lowest BCUT2D eigenvalue weighted by Crippen LogP contribution is -2.54. The average molecular weight is 457 g/mol. The molecule has 4 rings (SSSR count). The highest BCUT2D eigenvalue weighted by molar-refractivity contribution is 5.86. The van der Waals surface area contributed by atoms with E-state index >= 15 is 0 Å². The lowest BCUT2D eigenvalue weighted by atomic mass is 9.91. The largest absolute Gasteiger partial charge is 0.385 e. The number of H-pyrrole nitrogens is 1. The zero-order valence-electron chi connectivity index (χ0n) is 19.6. The van der Waals surface area contributed by atoms with Crippen molar-refractivity contribution >= 4 is 22.7 Å². The van der Waals surface area contributed by atoms with Crippen molar-refractivity contribution in [3.05, 3.63) is 36.0 Å². The summed E-state index contributed by atoms with van der Waals surface area (Å²) >= 11 is 0. The molecule has 180 valence electrons. The van der Waals surface area contributed by atoms with E-state index in [0.29, 0.717) is 26.1 Å². The number of aromatic nitrogens is 1. The van der Waals surface area contributed by atoms with Crippen molar-refractivity contribution in [3.63, 3.8) is 0 Å². The third-order valence-electron chi connectivity index (χ3n) is 6.68. The van der Waals surface area contributed by atoms with Crippen LogP contribution in [0.5, 0.6) is 0 Å². The Morgan fingerprint density at radius 3 is 2.76 bits per heavy atom. The Labute approximate surface area is 195 Å². The second kappa shape index (κ2) is 11.1. The Morgan fingerprint density at radius 1 is 1.18 bits per heavy atom. The Balaban J connectivity index is 1.56. The van der Waals surface area contributed by atoms with Crippen molar-refractivity contribution in [2.24, 2.45) is 5.92 Å². The third-order valence-corrected chi connectivity index (χ3v) is 6.68. The monoisotopic (exact) mass is 456 g/mol. The second-order valence-corrected chi connectivity index (χ2v) is 9.21. The summed E-state index contributed by atoms with van der Waals surface area (Å²) in [6.45, 7) is 2.01. The van der Waals surface area contributed by atoms with Gasteiger partial charge in [-0.1, -0.05) is 18.2 Å². The van der Waals surface area contributed by atoms with Crippen LogP contribution in [0, 0.1) is 5.92 Å². The normalized spacial score (nSPS) is 21.6. The van der Waals surface area contributed by atoms with Crippen LogP contribution in [-0.4, -0.2) is 74.3 Å². The molecule has 1 aliphatic carbocycles. The summed E-state index contributed by atoms with van der Waals surface area (Å²) in [6.07, 6.45) is 6.54. The van der Waals surface area contributed by atoms with Crippen LogP contribution in [-0.2, 0) is 19.1 Å². The van der Waals surface area contributed by atoms with Gasteiger partial charge in [-0.15, -0.1) is 0 Å². The van der Waals surface area contributed by atoms with Gasteiger partial charge in [0.2, 0.25) is 11.8 Å². The number of methoxy groups -OCH3 is 2. The van der Waals surface area contributed by atoms with Crippen LogP contribution in [0.3, 0.4) is 0 Å². The highest BCUT2D eigenvalue weighted by Gasteiger charge is 2.42. The minimum absolute atomic E-state index is 0.000223. The number of nitrogens with one attached hydrogen (secondary N) is 3. The first-order valence-electron chi connectivity index (χ1n) is 12.0. The molecule has 8 nitrogen and oxygen atoms in total. The molecule has 0 spiro atoms. The van der Waals surface area contributed by atoms with Gasteiger partial charge in [0.15, 0.2) is 0 Å². The topological polar surface area (TPSA) is 95.7 Å². The quantitative estimate of drug-likeness (QED) is 0.451. The first-order valence-corrected chi connectivity index (χ1v) is 12.0. The number of nitrogens with zero attached hydrogens (tertiary/aromatic N) is 1. The molecule has 1 aromatic heterocycles. The molecule has 1 unspecified atom stereocenters. The molecule has 1 saturated heterocycles. The van der Waals surface area contributed by atoms with Crippen molar-refractivity contribution in [1.82, 2.24) is 20.5 Å². The van der Waals surface area contributed by atoms with Gasteiger partial charge in [0.05, 0.1) is 12.0 Å². The number of ether oxygens (including phenoxy) is 2. The molecular formula is C25H36N4O4. The molecule has 0 bridgehead atoms. The van der Waals surface area contributed by atoms with Crippen molar-refractivity contribution in [3.8, 4) is 0 Å². The van der Waals surface area contributed by atoms with Crippen LogP contribution in [0.4, 0.5) is 0 Å². The maximum Gasteiger partial charge on any atom is 0.246 e. The minimum Gasteiger partial charge on any atom is -0.385 e. The Hall–Kier alpha value is -2.42. The summed E-state index contributed by atoms with van der Waals surface area (Å²) in [5.74, 6) is -0.126. The van der Waals surface area contributed by atoms with Crippen molar-refractivity contribution < 1.29 is 19.1 Å². The van der Waals surface area contributed by atoms with Gasteiger partial charge in [0.1, 0.15) is 6.61 Å². The van der Waals surface area contributed by atoms with E-state index in [0.717, 1.165) is 31.2 Å². The lowest BCUT2D eigenvalue weighted by Gasteiger charge is -2.38. The average Bonchev–Trinajstić information content (AvgIpc) is 3.56. The SMILES string of the molecule is COCCCC(c1c[nH]c2ccccc12)N(C(=O)[C@@H]1CNC[C@@H](NC(=O)COC)C1)C1CC1. The van der Waals surface area contributed by atoms with E-state index in [2.05, 4.69) is 38.8 Å². The van der Waals surface area contributed by atoms with Gasteiger partial charge in [-0.05, 0) is 43.7 Å². The van der Waals surface area contributed by atoms with E-state index in [1.165, 1.54) is 18.1 Å². The molecule has 0 radical (unpaired) electrons. The summed E-state index contributed by atoms with van der Waals surface area (Å²) in [7, 11) is 3.23. The van der Waals surface area contributed by atoms with E-state index in [-0.39, 0.29) is 42.5 Å². The summed E-state index contributed by atoms with van der Waals surface area (Å²) < 4.78 is 10.3. The van der Waals surface area contributed by atoms with Crippen LogP contribution in [0.15, 0.2) is 30.5 Å². The van der Waals surface area contributed by atoms with E-state index in [1.807, 2.05) is 12.1 Å². The molecule has 2 aromatic rings. The highest BCUT2D eigenvalue weighted by atomic mass is 16.5. The van der Waals surface area contributed by atoms with Gasteiger partial charge in [0.25, 0.3) is 0 Å². The zero-order valence-corrected chi connectivity index (χ0v) is 19.6. The number of fused-ring (bicyclic) bond motifs is 1. The molecule has 2 fully saturated rings. The van der Waals surface area contributed by atoms with Crippen LogP contribution < -0.4 is 10.6 Å². The predicted octanol–water partition coefficient (Wildman–Crippen LogP) is 2.37. The number of carbonyl (C=O) groups is 2. The first kappa shape index (κ1) is 23.7. The lowest BCUT2D eigenvalue weighted by molar-refractivity contribution is -0.140. The van der Waals surface area contributed by atoms with E-state index in [9.17, 15) is 9.59 Å². The number of para-hydroxylation sites is 1. The number of amides is 2. The summed E-state index contributed by atoms with van der Waals surface area (Å²) in [5, 5.41) is 7.52. The molecule has 2 heterocycles. The van der Waals surface area contributed by atoms with Crippen LogP contribution in [0.2, 0.25) is 0 Å². The molecule has 8 heteroatoms. The fraction of sp³-hybridized carbons (Fsp3) is 0.600. The number of hydrogen-bond acceptors (Lipinski definition) is 5. The number of rotatable bonds is 11. The Kier molecular flexibility index (Phi) is 8.01. The maximum absolute atomic E-state index is 13.9. The number of carbonyl (C=O) groups excluding carboxylic acids is 2. The number of aromatic amines is 1. The molecule has 2 aliphatic rings.